The van der Waals surface area contributed by atoms with Gasteiger partial charge in [-0.15, -0.1) is 0 Å². The van der Waals surface area contributed by atoms with Gasteiger partial charge in [0.1, 0.15) is 10.3 Å². The van der Waals surface area contributed by atoms with Crippen molar-refractivity contribution in [1.82, 2.24) is 14.8 Å². The van der Waals surface area contributed by atoms with Crippen LogP contribution in [0.1, 0.15) is 57.6 Å². The fourth-order valence-electron chi connectivity index (χ4n) is 3.53. The minimum Gasteiger partial charge on any atom is -0.342 e. The van der Waals surface area contributed by atoms with Gasteiger partial charge < -0.3 is 9.80 Å². The van der Waals surface area contributed by atoms with Gasteiger partial charge in [-0.3, -0.25) is 4.98 Å². The van der Waals surface area contributed by atoms with Gasteiger partial charge in [0.05, 0.1) is 24.4 Å². The lowest BCUT2D eigenvalue weighted by Crippen LogP contribution is -2.27. The molecule has 0 atom stereocenters. The van der Waals surface area contributed by atoms with E-state index in [1.165, 1.54) is 38.5 Å². The Bertz CT molecular complexity index is 775. The van der Waals surface area contributed by atoms with E-state index in [0.717, 1.165) is 36.2 Å². The standard InChI is InChI=1S/C22H29Cl2N3/c1-2-3-4-5-6-7-10-15-26-17-27(22(24)21(26)23)16-19-14-13-18-11-8-9-12-20(18)25-19/h8-9,11-14H,2-7,10,15-17H2,1H3. The van der Waals surface area contributed by atoms with E-state index >= 15 is 0 Å². The Hall–Kier alpha value is -1.45. The Morgan fingerprint density at radius 3 is 2.37 bits per heavy atom. The van der Waals surface area contributed by atoms with Crippen molar-refractivity contribution >= 4 is 34.1 Å². The Labute approximate surface area is 173 Å². The van der Waals surface area contributed by atoms with Gasteiger partial charge in [-0.1, -0.05) is 92.9 Å². The Kier molecular flexibility index (Phi) is 7.66. The van der Waals surface area contributed by atoms with E-state index in [9.17, 15) is 0 Å². The third kappa shape index (κ3) is 5.52. The molecular weight excluding hydrogens is 377 g/mol. The van der Waals surface area contributed by atoms with Crippen molar-refractivity contribution in [2.24, 2.45) is 0 Å². The van der Waals surface area contributed by atoms with E-state index in [1.54, 1.807) is 0 Å². The molecule has 0 fully saturated rings. The summed E-state index contributed by atoms with van der Waals surface area (Å²) in [6, 6.07) is 12.4. The summed E-state index contributed by atoms with van der Waals surface area (Å²) in [5.74, 6) is 0. The second kappa shape index (κ2) is 10.2. The van der Waals surface area contributed by atoms with Crippen LogP contribution in [0.4, 0.5) is 0 Å². The summed E-state index contributed by atoms with van der Waals surface area (Å²) in [4.78, 5) is 9.03. The highest BCUT2D eigenvalue weighted by Crippen LogP contribution is 2.31. The van der Waals surface area contributed by atoms with E-state index in [2.05, 4.69) is 34.9 Å². The molecule has 0 aliphatic carbocycles. The van der Waals surface area contributed by atoms with Gasteiger partial charge in [-0.2, -0.15) is 0 Å². The fourth-order valence-corrected chi connectivity index (χ4v) is 4.02. The molecule has 0 saturated carbocycles. The average molecular weight is 406 g/mol. The molecule has 0 amide bonds. The van der Waals surface area contributed by atoms with Crippen molar-refractivity contribution in [3.8, 4) is 0 Å². The van der Waals surface area contributed by atoms with Gasteiger partial charge in [0.2, 0.25) is 0 Å². The van der Waals surface area contributed by atoms with Gasteiger partial charge in [0, 0.05) is 11.9 Å². The molecule has 1 aromatic carbocycles. The summed E-state index contributed by atoms with van der Waals surface area (Å²) in [5, 5.41) is 2.46. The Balaban J connectivity index is 1.49. The van der Waals surface area contributed by atoms with Gasteiger partial charge >= 0.3 is 0 Å². The van der Waals surface area contributed by atoms with E-state index in [4.69, 9.17) is 28.2 Å². The van der Waals surface area contributed by atoms with Gasteiger partial charge in [-0.05, 0) is 18.6 Å². The SMILES string of the molecule is CCCCCCCCCN1CN(Cc2ccc3ccccc3n2)C(Cl)=C1Cl. The highest BCUT2D eigenvalue weighted by Gasteiger charge is 2.26. The largest absolute Gasteiger partial charge is 0.342 e. The molecule has 27 heavy (non-hydrogen) atoms. The molecule has 0 unspecified atom stereocenters. The molecule has 146 valence electrons. The zero-order chi connectivity index (χ0) is 19.1. The van der Waals surface area contributed by atoms with Gasteiger partial charge in [-0.25, -0.2) is 0 Å². The maximum Gasteiger partial charge on any atom is 0.142 e. The number of fused-ring (bicyclic) bond motifs is 1. The second-order valence-corrected chi connectivity index (χ2v) is 8.02. The van der Waals surface area contributed by atoms with E-state index < -0.39 is 0 Å². The van der Waals surface area contributed by atoms with Crippen LogP contribution in [-0.4, -0.2) is 28.0 Å². The van der Waals surface area contributed by atoms with Crippen molar-refractivity contribution in [1.29, 1.82) is 0 Å². The first kappa shape index (κ1) is 20.3. The number of hydrogen-bond acceptors (Lipinski definition) is 3. The van der Waals surface area contributed by atoms with E-state index in [-0.39, 0.29) is 0 Å². The number of aromatic nitrogens is 1. The summed E-state index contributed by atoms with van der Waals surface area (Å²) in [6.45, 7) is 4.63. The zero-order valence-electron chi connectivity index (χ0n) is 16.1. The number of pyridine rings is 1. The highest BCUT2D eigenvalue weighted by atomic mass is 35.5. The normalized spacial score (nSPS) is 14.6. The minimum atomic E-state index is 0.634. The third-order valence-electron chi connectivity index (χ3n) is 5.11. The topological polar surface area (TPSA) is 19.4 Å². The minimum absolute atomic E-state index is 0.634. The summed E-state index contributed by atoms with van der Waals surface area (Å²) in [5.41, 5.74) is 2.02. The summed E-state index contributed by atoms with van der Waals surface area (Å²) in [6.07, 6.45) is 9.09. The first-order valence-electron chi connectivity index (χ1n) is 10.1. The van der Waals surface area contributed by atoms with E-state index in [1.807, 2.05) is 18.2 Å². The molecule has 0 spiro atoms. The maximum absolute atomic E-state index is 6.49. The highest BCUT2D eigenvalue weighted by molar-refractivity contribution is 6.38. The molecule has 0 N–H and O–H groups in total. The van der Waals surface area contributed by atoms with Crippen molar-refractivity contribution in [2.75, 3.05) is 13.2 Å². The number of nitrogens with zero attached hydrogens (tertiary/aromatic N) is 3. The predicted molar refractivity (Wildman–Crippen MR) is 116 cm³/mol. The van der Waals surface area contributed by atoms with Crippen LogP contribution in [0, 0.1) is 0 Å². The fraction of sp³-hybridized carbons (Fsp3) is 0.500. The lowest BCUT2D eigenvalue weighted by molar-refractivity contribution is 0.247. The molecular formula is C22H29Cl2N3. The number of halogens is 2. The molecule has 0 bridgehead atoms. The second-order valence-electron chi connectivity index (χ2n) is 7.30. The lowest BCUT2D eigenvalue weighted by atomic mass is 10.1. The molecule has 1 aliphatic heterocycles. The van der Waals surface area contributed by atoms with E-state index in [0.29, 0.717) is 16.9 Å². The quantitative estimate of drug-likeness (QED) is 0.325. The average Bonchev–Trinajstić information content (AvgIpc) is 2.95. The molecule has 1 aliphatic rings. The number of benzene rings is 1. The molecule has 2 aromatic rings. The van der Waals surface area contributed by atoms with Gasteiger partial charge in [0.15, 0.2) is 0 Å². The van der Waals surface area contributed by atoms with Crippen LogP contribution in [0.15, 0.2) is 46.7 Å². The number of unbranched alkanes of at least 4 members (excludes halogenated alkanes) is 6. The van der Waals surface area contributed by atoms with Crippen molar-refractivity contribution in [3.05, 3.63) is 52.4 Å². The van der Waals surface area contributed by atoms with Crippen molar-refractivity contribution < 1.29 is 0 Å². The predicted octanol–water partition coefficient (Wildman–Crippen LogP) is 6.66. The van der Waals surface area contributed by atoms with Crippen molar-refractivity contribution in [2.45, 2.75) is 58.4 Å². The Morgan fingerprint density at radius 1 is 0.852 bits per heavy atom. The molecule has 3 nitrogen and oxygen atoms in total. The molecule has 2 heterocycles. The third-order valence-corrected chi connectivity index (χ3v) is 6.04. The van der Waals surface area contributed by atoms with Crippen LogP contribution >= 0.6 is 23.2 Å². The van der Waals surface area contributed by atoms with Crippen LogP contribution < -0.4 is 0 Å². The van der Waals surface area contributed by atoms with Crippen LogP contribution in [0.5, 0.6) is 0 Å². The first-order valence-corrected chi connectivity index (χ1v) is 10.8. The molecule has 1 aromatic heterocycles. The Morgan fingerprint density at radius 2 is 1.56 bits per heavy atom. The summed E-state index contributed by atoms with van der Waals surface area (Å²) in [7, 11) is 0. The monoisotopic (exact) mass is 405 g/mol. The number of hydrogen-bond donors (Lipinski definition) is 0. The van der Waals surface area contributed by atoms with Crippen LogP contribution in [0.25, 0.3) is 10.9 Å². The molecule has 3 rings (SSSR count). The van der Waals surface area contributed by atoms with Crippen molar-refractivity contribution in [3.63, 3.8) is 0 Å². The van der Waals surface area contributed by atoms with Gasteiger partial charge in [0.25, 0.3) is 0 Å². The lowest BCUT2D eigenvalue weighted by Gasteiger charge is -2.22. The van der Waals surface area contributed by atoms with Crippen LogP contribution in [0.3, 0.4) is 0 Å². The number of rotatable bonds is 10. The zero-order valence-corrected chi connectivity index (χ0v) is 17.6. The van der Waals surface area contributed by atoms with Crippen LogP contribution in [0.2, 0.25) is 0 Å². The summed E-state index contributed by atoms with van der Waals surface area (Å²) >= 11 is 13.0. The molecule has 5 heteroatoms. The maximum atomic E-state index is 6.49. The smallest absolute Gasteiger partial charge is 0.142 e. The first-order chi connectivity index (χ1) is 13.2. The summed E-state index contributed by atoms with van der Waals surface area (Å²) < 4.78 is 0. The molecule has 0 saturated heterocycles. The molecule has 0 radical (unpaired) electrons. The number of para-hydroxylation sites is 1. The van der Waals surface area contributed by atoms with Crippen LogP contribution in [-0.2, 0) is 6.54 Å².